The van der Waals surface area contributed by atoms with Gasteiger partial charge in [-0.3, -0.25) is 18.7 Å². The maximum atomic E-state index is 13.7. The Kier molecular flexibility index (Phi) is 7.60. The molecule has 2 unspecified atom stereocenters. The number of primary amides is 1. The van der Waals surface area contributed by atoms with Gasteiger partial charge in [0.25, 0.3) is 5.91 Å². The lowest BCUT2D eigenvalue weighted by atomic mass is 10.1. The van der Waals surface area contributed by atoms with Gasteiger partial charge in [-0.05, 0) is 32.9 Å². The third-order valence-electron chi connectivity index (χ3n) is 5.68. The predicted molar refractivity (Wildman–Crippen MR) is 125 cm³/mol. The topological polar surface area (TPSA) is 183 Å². The Morgan fingerprint density at radius 2 is 1.95 bits per heavy atom. The van der Waals surface area contributed by atoms with Gasteiger partial charge in [-0.1, -0.05) is 18.2 Å². The van der Waals surface area contributed by atoms with Crippen molar-refractivity contribution in [2.75, 3.05) is 13.7 Å². The predicted octanol–water partition coefficient (Wildman–Crippen LogP) is 1.46. The van der Waals surface area contributed by atoms with Gasteiger partial charge in [0.15, 0.2) is 17.7 Å². The van der Waals surface area contributed by atoms with Crippen molar-refractivity contribution in [2.24, 2.45) is 5.73 Å². The van der Waals surface area contributed by atoms with Crippen LogP contribution in [0, 0.1) is 0 Å². The van der Waals surface area contributed by atoms with Crippen molar-refractivity contribution in [1.82, 2.24) is 14.6 Å². The van der Waals surface area contributed by atoms with Gasteiger partial charge in [-0.2, -0.15) is 5.09 Å². The van der Waals surface area contributed by atoms with Crippen molar-refractivity contribution in [2.45, 2.75) is 57.1 Å². The lowest BCUT2D eigenvalue weighted by Gasteiger charge is -2.26. The van der Waals surface area contributed by atoms with Crippen LogP contribution in [-0.4, -0.2) is 70.4 Å². The lowest BCUT2D eigenvalue weighted by molar-refractivity contribution is -0.200. The molecule has 0 aliphatic carbocycles. The summed E-state index contributed by atoms with van der Waals surface area (Å²) in [6.07, 6.45) is -2.11. The molecule has 4 rings (SSSR count). The van der Waals surface area contributed by atoms with E-state index >= 15 is 0 Å². The standard InChI is InChI=1S/C22H29N4O10P/c1-12(21(29)31-4)25-37(30,36-13-8-6-5-7-9-13)32-10-14-16-17(35-22(2,3)34-16)20(33-14)26-11-24-15(18(23)27)19(26)28/h5-9,11-12,14,16-17,20,28H,10H2,1-4H3,(H2,23,27)(H,25,30)/t12-,14+,16?,17+,20+,37?/m0/s1. The molecule has 1 aromatic heterocycles. The molecule has 1 amide bonds. The molecular formula is C22H29N4O10P. The minimum absolute atomic E-state index is 0.238. The zero-order valence-electron chi connectivity index (χ0n) is 20.6. The number of benzene rings is 1. The van der Waals surface area contributed by atoms with Crippen LogP contribution < -0.4 is 15.3 Å². The van der Waals surface area contributed by atoms with Gasteiger partial charge in [0.2, 0.25) is 5.88 Å². The summed E-state index contributed by atoms with van der Waals surface area (Å²) in [5.41, 5.74) is 4.92. The molecule has 2 aliphatic heterocycles. The maximum absolute atomic E-state index is 13.7. The molecule has 2 aromatic rings. The number of methoxy groups -OCH3 is 1. The first-order valence-electron chi connectivity index (χ1n) is 11.3. The van der Waals surface area contributed by atoms with Crippen molar-refractivity contribution in [3.8, 4) is 11.6 Å². The van der Waals surface area contributed by atoms with Gasteiger partial charge in [0, 0.05) is 0 Å². The first kappa shape index (κ1) is 27.0. The van der Waals surface area contributed by atoms with E-state index < -0.39 is 61.9 Å². The molecule has 2 aliphatic rings. The number of hydrogen-bond acceptors (Lipinski definition) is 11. The lowest BCUT2D eigenvalue weighted by Crippen LogP contribution is -2.37. The molecule has 14 nitrogen and oxygen atoms in total. The van der Waals surface area contributed by atoms with Crippen LogP contribution in [0.25, 0.3) is 0 Å². The fraction of sp³-hybridized carbons (Fsp3) is 0.500. The smallest absolute Gasteiger partial charge is 0.459 e. The molecule has 0 saturated carbocycles. The molecule has 2 fully saturated rings. The van der Waals surface area contributed by atoms with Crippen molar-refractivity contribution in [3.05, 3.63) is 42.4 Å². The van der Waals surface area contributed by atoms with Crippen LogP contribution >= 0.6 is 7.75 Å². The maximum Gasteiger partial charge on any atom is 0.459 e. The van der Waals surface area contributed by atoms with Crippen molar-refractivity contribution >= 4 is 19.6 Å². The number of imidazole rings is 1. The van der Waals surface area contributed by atoms with E-state index in [2.05, 4.69) is 10.1 Å². The van der Waals surface area contributed by atoms with Gasteiger partial charge in [0.1, 0.15) is 36.4 Å². The number of esters is 1. The highest BCUT2D eigenvalue weighted by atomic mass is 31.2. The number of fused-ring (bicyclic) bond motifs is 1. The van der Waals surface area contributed by atoms with Crippen LogP contribution in [0.2, 0.25) is 0 Å². The number of para-hydroxylation sites is 1. The SMILES string of the molecule is COC(=O)[C@H](C)NP(=O)(OC[C@H]1O[C@@H](n2cnc(C(N)=O)c2O)[C@@H]2OC(C)(C)OC21)Oc1ccccc1. The van der Waals surface area contributed by atoms with E-state index in [0.717, 1.165) is 0 Å². The zero-order chi connectivity index (χ0) is 27.0. The highest BCUT2D eigenvalue weighted by Gasteiger charge is 2.57. The number of carbonyl (C=O) groups excluding carboxylic acids is 2. The fourth-order valence-corrected chi connectivity index (χ4v) is 5.58. The Labute approximate surface area is 212 Å². The number of aromatic nitrogens is 2. The number of ether oxygens (including phenoxy) is 4. The summed E-state index contributed by atoms with van der Waals surface area (Å²) in [6.45, 7) is 4.53. The molecule has 2 saturated heterocycles. The minimum Gasteiger partial charge on any atom is -0.493 e. The fourth-order valence-electron chi connectivity index (χ4n) is 4.08. The summed E-state index contributed by atoms with van der Waals surface area (Å²) in [5.74, 6) is -2.87. The van der Waals surface area contributed by atoms with Gasteiger partial charge in [-0.15, -0.1) is 0 Å². The second kappa shape index (κ2) is 10.4. The van der Waals surface area contributed by atoms with Gasteiger partial charge >= 0.3 is 13.7 Å². The first-order valence-corrected chi connectivity index (χ1v) is 12.9. The number of hydrogen-bond donors (Lipinski definition) is 3. The number of nitrogens with two attached hydrogens (primary N) is 1. The van der Waals surface area contributed by atoms with Gasteiger partial charge in [0.05, 0.1) is 13.7 Å². The Balaban J connectivity index is 1.56. The normalized spacial score (nSPS) is 26.7. The second-order valence-corrected chi connectivity index (χ2v) is 10.6. The van der Waals surface area contributed by atoms with E-state index in [1.807, 2.05) is 0 Å². The number of nitrogens with zero attached hydrogens (tertiary/aromatic N) is 2. The first-order chi connectivity index (χ1) is 17.4. The summed E-state index contributed by atoms with van der Waals surface area (Å²) in [5, 5.41) is 13.0. The average molecular weight is 540 g/mol. The van der Waals surface area contributed by atoms with Crippen molar-refractivity contribution in [1.29, 1.82) is 0 Å². The van der Waals surface area contributed by atoms with Crippen molar-refractivity contribution < 1.29 is 47.3 Å². The van der Waals surface area contributed by atoms with E-state index in [4.69, 9.17) is 33.7 Å². The zero-order valence-corrected chi connectivity index (χ0v) is 21.5. The molecule has 1 aromatic carbocycles. The molecule has 15 heteroatoms. The van der Waals surface area contributed by atoms with E-state index in [0.29, 0.717) is 0 Å². The van der Waals surface area contributed by atoms with E-state index in [1.165, 1.54) is 24.9 Å². The van der Waals surface area contributed by atoms with E-state index in [1.54, 1.807) is 44.2 Å². The molecule has 37 heavy (non-hydrogen) atoms. The molecule has 0 spiro atoms. The van der Waals surface area contributed by atoms with Crippen LogP contribution in [0.4, 0.5) is 0 Å². The molecule has 4 N–H and O–H groups in total. The van der Waals surface area contributed by atoms with E-state index in [-0.39, 0.29) is 18.1 Å². The molecule has 0 radical (unpaired) electrons. The van der Waals surface area contributed by atoms with Crippen LogP contribution in [0.5, 0.6) is 11.6 Å². The molecule has 3 heterocycles. The molecule has 6 atom stereocenters. The minimum atomic E-state index is -4.15. The van der Waals surface area contributed by atoms with Gasteiger partial charge < -0.3 is 34.3 Å². The van der Waals surface area contributed by atoms with Crippen LogP contribution in [-0.2, 0) is 32.8 Å². The number of amides is 1. The van der Waals surface area contributed by atoms with Crippen LogP contribution in [0.1, 0.15) is 37.5 Å². The number of carbonyl (C=O) groups is 2. The summed E-state index contributed by atoms with van der Waals surface area (Å²) >= 11 is 0. The van der Waals surface area contributed by atoms with Crippen LogP contribution in [0.3, 0.4) is 0 Å². The summed E-state index contributed by atoms with van der Waals surface area (Å²) < 4.78 is 48.9. The second-order valence-electron chi connectivity index (χ2n) is 8.89. The third-order valence-corrected chi connectivity index (χ3v) is 7.33. The number of aromatic hydroxyl groups is 1. The number of rotatable bonds is 10. The summed E-state index contributed by atoms with van der Waals surface area (Å²) in [7, 11) is -2.95. The quantitative estimate of drug-likeness (QED) is 0.292. The monoisotopic (exact) mass is 540 g/mol. The highest BCUT2D eigenvalue weighted by molar-refractivity contribution is 7.52. The third kappa shape index (κ3) is 5.79. The summed E-state index contributed by atoms with van der Waals surface area (Å²) in [6, 6.07) is 7.25. The van der Waals surface area contributed by atoms with Gasteiger partial charge in [-0.25, -0.2) is 9.55 Å². The number of nitrogens with one attached hydrogen (secondary N) is 1. The van der Waals surface area contributed by atoms with Crippen molar-refractivity contribution in [3.63, 3.8) is 0 Å². The van der Waals surface area contributed by atoms with E-state index in [9.17, 15) is 19.3 Å². The molecule has 202 valence electrons. The Morgan fingerprint density at radius 3 is 2.57 bits per heavy atom. The Bertz CT molecular complexity index is 1190. The van der Waals surface area contributed by atoms with Crippen LogP contribution in [0.15, 0.2) is 36.7 Å². The average Bonchev–Trinajstić information content (AvgIpc) is 3.47. The Hall–Kier alpha value is -3.00. The highest BCUT2D eigenvalue weighted by Crippen LogP contribution is 2.48. The summed E-state index contributed by atoms with van der Waals surface area (Å²) in [4.78, 5) is 27.3. The molecular weight excluding hydrogens is 511 g/mol. The largest absolute Gasteiger partial charge is 0.493 e. The Morgan fingerprint density at radius 1 is 1.27 bits per heavy atom. The molecule has 0 bridgehead atoms.